The van der Waals surface area contributed by atoms with Crippen LogP contribution in [-0.2, 0) is 4.79 Å². The highest BCUT2D eigenvalue weighted by Gasteiger charge is 2.27. The molecule has 0 bridgehead atoms. The highest BCUT2D eigenvalue weighted by molar-refractivity contribution is 5.97. The fourth-order valence-corrected chi connectivity index (χ4v) is 2.81. The van der Waals surface area contributed by atoms with Gasteiger partial charge in [-0.3, -0.25) is 14.5 Å². The lowest BCUT2D eigenvalue weighted by Gasteiger charge is -2.34. The summed E-state index contributed by atoms with van der Waals surface area (Å²) in [6.07, 6.45) is 2.18. The molecule has 0 radical (unpaired) electrons. The number of rotatable bonds is 4. The molecule has 1 saturated carbocycles. The van der Waals surface area contributed by atoms with Crippen LogP contribution in [0.15, 0.2) is 18.2 Å². The van der Waals surface area contributed by atoms with Crippen LogP contribution in [0.25, 0.3) is 0 Å². The van der Waals surface area contributed by atoms with Crippen LogP contribution < -0.4 is 5.32 Å². The van der Waals surface area contributed by atoms with Crippen molar-refractivity contribution in [3.8, 4) is 5.75 Å². The first-order valence-electron chi connectivity index (χ1n) is 8.13. The van der Waals surface area contributed by atoms with E-state index in [1.807, 2.05) is 13.0 Å². The topological polar surface area (TPSA) is 72.9 Å². The number of aromatic hydroxyl groups is 1. The van der Waals surface area contributed by atoms with E-state index in [2.05, 4.69) is 10.2 Å². The van der Waals surface area contributed by atoms with Crippen molar-refractivity contribution in [3.05, 3.63) is 29.3 Å². The second-order valence-electron chi connectivity index (χ2n) is 6.43. The van der Waals surface area contributed by atoms with Gasteiger partial charge in [-0.05, 0) is 37.5 Å². The number of aryl methyl sites for hydroxylation is 1. The Bertz CT molecular complexity index is 605. The number of piperazine rings is 1. The van der Waals surface area contributed by atoms with Crippen LogP contribution in [0.3, 0.4) is 0 Å². The summed E-state index contributed by atoms with van der Waals surface area (Å²) in [7, 11) is 0. The molecule has 0 aromatic heterocycles. The second-order valence-corrected chi connectivity index (χ2v) is 6.43. The van der Waals surface area contributed by atoms with Crippen molar-refractivity contribution < 1.29 is 14.7 Å². The van der Waals surface area contributed by atoms with E-state index in [0.29, 0.717) is 44.3 Å². The number of nitrogens with one attached hydrogen (secondary N) is 1. The molecule has 23 heavy (non-hydrogen) atoms. The quantitative estimate of drug-likeness (QED) is 0.859. The number of hydrogen-bond donors (Lipinski definition) is 2. The highest BCUT2D eigenvalue weighted by atomic mass is 16.3. The van der Waals surface area contributed by atoms with Crippen LogP contribution in [0.5, 0.6) is 5.75 Å². The zero-order valence-electron chi connectivity index (χ0n) is 13.4. The molecule has 2 aliphatic rings. The first-order chi connectivity index (χ1) is 11.0. The molecule has 1 aromatic carbocycles. The lowest BCUT2D eigenvalue weighted by Crippen LogP contribution is -2.51. The molecule has 2 fully saturated rings. The smallest absolute Gasteiger partial charge is 0.257 e. The Balaban J connectivity index is 1.51. The number of hydrogen-bond acceptors (Lipinski definition) is 4. The number of phenolic OH excluding ortho intramolecular Hbond substituents is 1. The molecular weight excluding hydrogens is 294 g/mol. The van der Waals surface area contributed by atoms with E-state index >= 15 is 0 Å². The van der Waals surface area contributed by atoms with Gasteiger partial charge in [-0.25, -0.2) is 0 Å². The zero-order chi connectivity index (χ0) is 16.4. The summed E-state index contributed by atoms with van der Waals surface area (Å²) in [4.78, 5) is 28.1. The summed E-state index contributed by atoms with van der Waals surface area (Å²) in [5.41, 5.74) is 1.26. The summed E-state index contributed by atoms with van der Waals surface area (Å²) < 4.78 is 0. The minimum Gasteiger partial charge on any atom is -0.507 e. The highest BCUT2D eigenvalue weighted by Crippen LogP contribution is 2.21. The lowest BCUT2D eigenvalue weighted by molar-refractivity contribution is -0.122. The number of nitrogens with zero attached hydrogens (tertiary/aromatic N) is 2. The first kappa shape index (κ1) is 15.8. The van der Waals surface area contributed by atoms with Crippen molar-refractivity contribution >= 4 is 11.8 Å². The minimum atomic E-state index is -0.149. The third-order valence-corrected chi connectivity index (χ3v) is 4.35. The van der Waals surface area contributed by atoms with Crippen molar-refractivity contribution in [2.75, 3.05) is 32.7 Å². The monoisotopic (exact) mass is 317 g/mol. The Kier molecular flexibility index (Phi) is 4.52. The maximum absolute atomic E-state index is 12.5. The van der Waals surface area contributed by atoms with Gasteiger partial charge in [-0.1, -0.05) is 6.07 Å². The fraction of sp³-hybridized carbons (Fsp3) is 0.529. The van der Waals surface area contributed by atoms with Crippen molar-refractivity contribution in [3.63, 3.8) is 0 Å². The maximum atomic E-state index is 12.5. The molecule has 1 aliphatic carbocycles. The number of carbonyl (C=O) groups excluding carboxylic acids is 2. The van der Waals surface area contributed by atoms with Crippen LogP contribution in [0, 0.1) is 6.92 Å². The zero-order valence-corrected chi connectivity index (χ0v) is 13.4. The number of benzene rings is 1. The van der Waals surface area contributed by atoms with Gasteiger partial charge in [0.25, 0.3) is 5.91 Å². The van der Waals surface area contributed by atoms with Gasteiger partial charge < -0.3 is 15.3 Å². The normalized spacial score (nSPS) is 18.7. The van der Waals surface area contributed by atoms with Crippen molar-refractivity contribution in [1.29, 1.82) is 0 Å². The van der Waals surface area contributed by atoms with E-state index in [0.717, 1.165) is 18.4 Å². The number of amides is 2. The third-order valence-electron chi connectivity index (χ3n) is 4.35. The van der Waals surface area contributed by atoms with Gasteiger partial charge in [-0.2, -0.15) is 0 Å². The Morgan fingerprint density at radius 1 is 1.22 bits per heavy atom. The molecule has 6 nitrogen and oxygen atoms in total. The van der Waals surface area contributed by atoms with Crippen molar-refractivity contribution in [2.24, 2.45) is 0 Å². The molecule has 2 N–H and O–H groups in total. The van der Waals surface area contributed by atoms with Crippen LogP contribution in [0.1, 0.15) is 28.8 Å². The van der Waals surface area contributed by atoms with Crippen molar-refractivity contribution in [1.82, 2.24) is 15.1 Å². The lowest BCUT2D eigenvalue weighted by atomic mass is 10.1. The summed E-state index contributed by atoms with van der Waals surface area (Å²) in [5.74, 6) is -0.0470. The van der Waals surface area contributed by atoms with Crippen molar-refractivity contribution in [2.45, 2.75) is 25.8 Å². The standard InChI is InChI=1S/C17H23N3O3/c1-12-2-5-14(15(21)10-12)17(23)20-8-6-19(7-9-20)11-16(22)18-13-3-4-13/h2,5,10,13,21H,3-4,6-9,11H2,1H3,(H,18,22). The maximum Gasteiger partial charge on any atom is 0.257 e. The molecule has 6 heteroatoms. The Hall–Kier alpha value is -2.08. The molecule has 1 saturated heterocycles. The van der Waals surface area contributed by atoms with Gasteiger partial charge in [0.2, 0.25) is 5.91 Å². The van der Waals surface area contributed by atoms with E-state index in [1.54, 1.807) is 17.0 Å². The van der Waals surface area contributed by atoms with Gasteiger partial charge in [0.05, 0.1) is 12.1 Å². The van der Waals surface area contributed by atoms with Gasteiger partial charge in [0.15, 0.2) is 0 Å². The molecule has 1 heterocycles. The van der Waals surface area contributed by atoms with E-state index in [4.69, 9.17) is 0 Å². The molecule has 0 spiro atoms. The minimum absolute atomic E-state index is 0.0289. The number of carbonyl (C=O) groups is 2. The molecule has 3 rings (SSSR count). The first-order valence-corrected chi connectivity index (χ1v) is 8.13. The third kappa shape index (κ3) is 4.01. The number of phenols is 1. The second kappa shape index (κ2) is 6.58. The van der Waals surface area contributed by atoms with E-state index in [9.17, 15) is 14.7 Å². The summed E-state index contributed by atoms with van der Waals surface area (Å²) in [5, 5.41) is 12.9. The Labute approximate surface area is 136 Å². The van der Waals surface area contributed by atoms with E-state index in [-0.39, 0.29) is 17.6 Å². The molecule has 0 atom stereocenters. The Morgan fingerprint density at radius 2 is 1.91 bits per heavy atom. The predicted octanol–water partition coefficient (Wildman–Crippen LogP) is 0.737. The van der Waals surface area contributed by atoms with E-state index in [1.165, 1.54) is 0 Å². The molecule has 1 aromatic rings. The average molecular weight is 317 g/mol. The molecule has 0 unspecified atom stereocenters. The Morgan fingerprint density at radius 3 is 2.52 bits per heavy atom. The summed E-state index contributed by atoms with van der Waals surface area (Å²) in [6.45, 7) is 4.77. The average Bonchev–Trinajstić information content (AvgIpc) is 3.31. The fourth-order valence-electron chi connectivity index (χ4n) is 2.81. The van der Waals surface area contributed by atoms with Gasteiger partial charge in [-0.15, -0.1) is 0 Å². The largest absolute Gasteiger partial charge is 0.507 e. The summed E-state index contributed by atoms with van der Waals surface area (Å²) in [6, 6.07) is 5.48. The van der Waals surface area contributed by atoms with Gasteiger partial charge >= 0.3 is 0 Å². The van der Waals surface area contributed by atoms with Crippen LogP contribution >= 0.6 is 0 Å². The molecular formula is C17H23N3O3. The molecule has 124 valence electrons. The van der Waals surface area contributed by atoms with Crippen LogP contribution in [0.4, 0.5) is 0 Å². The SMILES string of the molecule is Cc1ccc(C(=O)N2CCN(CC(=O)NC3CC3)CC2)c(O)c1. The van der Waals surface area contributed by atoms with Crippen LogP contribution in [-0.4, -0.2) is 65.5 Å². The molecule has 1 aliphatic heterocycles. The van der Waals surface area contributed by atoms with E-state index < -0.39 is 0 Å². The molecule has 2 amide bonds. The van der Waals surface area contributed by atoms with Gasteiger partial charge in [0, 0.05) is 32.2 Å². The summed E-state index contributed by atoms with van der Waals surface area (Å²) >= 11 is 0. The van der Waals surface area contributed by atoms with Crippen LogP contribution in [0.2, 0.25) is 0 Å². The predicted molar refractivity (Wildman–Crippen MR) is 86.4 cm³/mol. The van der Waals surface area contributed by atoms with Gasteiger partial charge in [0.1, 0.15) is 5.75 Å².